The molecular weight excluding hydrogens is 148 g/mol. The fraction of sp³-hybridized carbons (Fsp3) is 0.429. The smallest absolute Gasteiger partial charge is 0.318 e. The van der Waals surface area contributed by atoms with E-state index in [9.17, 15) is 9.59 Å². The predicted molar refractivity (Wildman–Crippen MR) is 37.8 cm³/mol. The first kappa shape index (κ1) is 9.68. The summed E-state index contributed by atoms with van der Waals surface area (Å²) in [5, 5.41) is 8.29. The summed E-state index contributed by atoms with van der Waals surface area (Å²) in [6.07, 6.45) is 0.406. The van der Waals surface area contributed by atoms with Crippen LogP contribution in [-0.2, 0) is 14.3 Å². The molecular formula is C7H10O4. The van der Waals surface area contributed by atoms with Gasteiger partial charge in [0.15, 0.2) is 0 Å². The van der Waals surface area contributed by atoms with E-state index in [1.807, 2.05) is 0 Å². The second-order valence-electron chi connectivity index (χ2n) is 2.09. The van der Waals surface area contributed by atoms with Gasteiger partial charge in [0.05, 0.1) is 0 Å². The summed E-state index contributed by atoms with van der Waals surface area (Å²) in [5.74, 6) is -0.836. The quantitative estimate of drug-likeness (QED) is 0.377. The second-order valence-corrected chi connectivity index (χ2v) is 2.09. The second kappa shape index (κ2) is 4.49. The first-order chi connectivity index (χ1) is 5.06. The van der Waals surface area contributed by atoms with Crippen LogP contribution in [0.1, 0.15) is 20.3 Å². The molecule has 0 saturated heterocycles. The highest BCUT2D eigenvalue weighted by Gasteiger charge is 2.06. The zero-order chi connectivity index (χ0) is 8.85. The lowest BCUT2D eigenvalue weighted by Gasteiger charge is -1.99. The van der Waals surface area contributed by atoms with Crippen LogP contribution in [0.3, 0.4) is 0 Å². The van der Waals surface area contributed by atoms with E-state index < -0.39 is 5.97 Å². The van der Waals surface area contributed by atoms with E-state index in [-0.39, 0.29) is 18.0 Å². The van der Waals surface area contributed by atoms with E-state index in [4.69, 9.17) is 5.11 Å². The van der Waals surface area contributed by atoms with Crippen LogP contribution in [0, 0.1) is 0 Å². The molecule has 4 heteroatoms. The Morgan fingerprint density at radius 1 is 1.45 bits per heavy atom. The molecule has 0 radical (unpaired) electrons. The largest absolute Gasteiger partial charge is 0.512 e. The van der Waals surface area contributed by atoms with E-state index in [1.165, 1.54) is 13.8 Å². The van der Waals surface area contributed by atoms with Gasteiger partial charge in [-0.1, -0.05) is 0 Å². The number of Topliss-reactive ketones (excluding diaryl/α,β-unsaturated/α-hetero) is 1. The molecule has 0 fully saturated rings. The van der Waals surface area contributed by atoms with Crippen LogP contribution in [-0.4, -0.2) is 16.9 Å². The standard InChI is InChI=1S/C7H10O4/c1-5(9)3-7(10)11-6(2)4-8/h4,8H,3H2,1-2H3/b6-4+. The fourth-order valence-electron chi connectivity index (χ4n) is 0.445. The topological polar surface area (TPSA) is 63.6 Å². The van der Waals surface area contributed by atoms with E-state index >= 15 is 0 Å². The highest BCUT2D eigenvalue weighted by Crippen LogP contribution is 1.97. The molecule has 0 rings (SSSR count). The number of ketones is 1. The average molecular weight is 158 g/mol. The number of carbonyl (C=O) groups excluding carboxylic acids is 2. The maximum Gasteiger partial charge on any atom is 0.318 e. The summed E-state index contributed by atoms with van der Waals surface area (Å²) in [6.45, 7) is 2.71. The normalized spacial score (nSPS) is 10.9. The highest BCUT2D eigenvalue weighted by molar-refractivity contribution is 5.94. The molecule has 62 valence electrons. The number of aliphatic hydroxyl groups is 1. The third-order valence-corrected chi connectivity index (χ3v) is 0.850. The number of esters is 1. The van der Waals surface area contributed by atoms with Gasteiger partial charge in [0.25, 0.3) is 0 Å². The average Bonchev–Trinajstić information content (AvgIpc) is 1.85. The molecule has 11 heavy (non-hydrogen) atoms. The van der Waals surface area contributed by atoms with Crippen LogP contribution in [0.5, 0.6) is 0 Å². The van der Waals surface area contributed by atoms with Crippen LogP contribution in [0.15, 0.2) is 12.0 Å². The van der Waals surface area contributed by atoms with Gasteiger partial charge in [-0.15, -0.1) is 0 Å². The minimum absolute atomic E-state index is 0.0799. The van der Waals surface area contributed by atoms with Crippen LogP contribution in [0.4, 0.5) is 0 Å². The van der Waals surface area contributed by atoms with Crippen molar-refractivity contribution in [1.29, 1.82) is 0 Å². The van der Waals surface area contributed by atoms with Crippen molar-refractivity contribution in [1.82, 2.24) is 0 Å². The predicted octanol–water partition coefficient (Wildman–Crippen LogP) is 0.928. The zero-order valence-corrected chi connectivity index (χ0v) is 6.46. The molecule has 0 heterocycles. The summed E-state index contributed by atoms with van der Waals surface area (Å²) < 4.78 is 4.46. The molecule has 0 aliphatic rings. The molecule has 0 saturated carbocycles. The lowest BCUT2D eigenvalue weighted by Crippen LogP contribution is -2.07. The maximum absolute atomic E-state index is 10.6. The van der Waals surface area contributed by atoms with Crippen molar-refractivity contribution in [2.24, 2.45) is 0 Å². The molecule has 0 atom stereocenters. The zero-order valence-electron chi connectivity index (χ0n) is 6.46. The number of allylic oxidation sites excluding steroid dienone is 1. The van der Waals surface area contributed by atoms with Crippen LogP contribution < -0.4 is 0 Å². The third-order valence-electron chi connectivity index (χ3n) is 0.850. The van der Waals surface area contributed by atoms with E-state index in [1.54, 1.807) is 0 Å². The first-order valence-corrected chi connectivity index (χ1v) is 3.07. The van der Waals surface area contributed by atoms with Crippen molar-refractivity contribution in [3.63, 3.8) is 0 Å². The Morgan fingerprint density at radius 2 is 2.00 bits per heavy atom. The van der Waals surface area contributed by atoms with Crippen molar-refractivity contribution < 1.29 is 19.4 Å². The first-order valence-electron chi connectivity index (χ1n) is 3.07. The Balaban J connectivity index is 3.79. The van der Waals surface area contributed by atoms with E-state index in [0.717, 1.165) is 0 Å². The van der Waals surface area contributed by atoms with Crippen molar-refractivity contribution >= 4 is 11.8 Å². The Bertz CT molecular complexity index is 193. The molecule has 0 aromatic carbocycles. The molecule has 0 spiro atoms. The van der Waals surface area contributed by atoms with Gasteiger partial charge in [-0.05, 0) is 13.8 Å². The van der Waals surface area contributed by atoms with Gasteiger partial charge < -0.3 is 9.84 Å². The van der Waals surface area contributed by atoms with Gasteiger partial charge in [-0.25, -0.2) is 0 Å². The Labute approximate surface area is 64.5 Å². The lowest BCUT2D eigenvalue weighted by molar-refractivity contribution is -0.142. The minimum Gasteiger partial charge on any atom is -0.512 e. The highest BCUT2D eigenvalue weighted by atomic mass is 16.5. The van der Waals surface area contributed by atoms with Gasteiger partial charge in [0, 0.05) is 0 Å². The maximum atomic E-state index is 10.6. The van der Waals surface area contributed by atoms with Gasteiger partial charge in [-0.2, -0.15) is 0 Å². The number of ether oxygens (including phenoxy) is 1. The minimum atomic E-state index is -0.653. The third kappa shape index (κ3) is 5.14. The molecule has 0 aromatic rings. The molecule has 0 aliphatic carbocycles. The number of hydrogen-bond donors (Lipinski definition) is 1. The van der Waals surface area contributed by atoms with Gasteiger partial charge in [0.1, 0.15) is 24.2 Å². The summed E-state index contributed by atoms with van der Waals surface area (Å²) in [7, 11) is 0. The van der Waals surface area contributed by atoms with Crippen molar-refractivity contribution in [2.45, 2.75) is 20.3 Å². The molecule has 0 aromatic heterocycles. The Hall–Kier alpha value is -1.32. The van der Waals surface area contributed by atoms with Gasteiger partial charge in [-0.3, -0.25) is 9.59 Å². The van der Waals surface area contributed by atoms with Crippen molar-refractivity contribution in [3.8, 4) is 0 Å². The van der Waals surface area contributed by atoms with Crippen LogP contribution in [0.25, 0.3) is 0 Å². The SMILES string of the molecule is CC(=O)CC(=O)O/C(C)=C/O. The lowest BCUT2D eigenvalue weighted by atomic mass is 10.3. The van der Waals surface area contributed by atoms with Crippen molar-refractivity contribution in [3.05, 3.63) is 12.0 Å². The summed E-state index contributed by atoms with van der Waals surface area (Å²) >= 11 is 0. The number of aliphatic hydroxyl groups excluding tert-OH is 1. The van der Waals surface area contributed by atoms with E-state index in [0.29, 0.717) is 6.26 Å². The summed E-state index contributed by atoms with van der Waals surface area (Å²) in [5.41, 5.74) is 0. The molecule has 0 bridgehead atoms. The Morgan fingerprint density at radius 3 is 2.36 bits per heavy atom. The summed E-state index contributed by atoms with van der Waals surface area (Å²) in [4.78, 5) is 21.0. The van der Waals surface area contributed by atoms with Crippen LogP contribution in [0.2, 0.25) is 0 Å². The van der Waals surface area contributed by atoms with Crippen molar-refractivity contribution in [2.75, 3.05) is 0 Å². The summed E-state index contributed by atoms with van der Waals surface area (Å²) in [6, 6.07) is 0. The van der Waals surface area contributed by atoms with Crippen LogP contribution >= 0.6 is 0 Å². The monoisotopic (exact) mass is 158 g/mol. The van der Waals surface area contributed by atoms with E-state index in [2.05, 4.69) is 4.74 Å². The van der Waals surface area contributed by atoms with Gasteiger partial charge in [0.2, 0.25) is 0 Å². The van der Waals surface area contributed by atoms with Gasteiger partial charge >= 0.3 is 5.97 Å². The molecule has 4 nitrogen and oxygen atoms in total. The number of carbonyl (C=O) groups is 2. The number of rotatable bonds is 3. The molecule has 1 N–H and O–H groups in total. The Kier molecular flexibility index (Phi) is 3.95. The number of hydrogen-bond acceptors (Lipinski definition) is 4. The molecule has 0 amide bonds. The molecule has 0 unspecified atom stereocenters. The fourth-order valence-corrected chi connectivity index (χ4v) is 0.445. The molecule has 0 aliphatic heterocycles.